The Bertz CT molecular complexity index is 598. The summed E-state index contributed by atoms with van der Waals surface area (Å²) < 4.78 is 6.71. The van der Waals surface area contributed by atoms with Crippen LogP contribution >= 0.6 is 27.5 Å². The Labute approximate surface area is 139 Å². The van der Waals surface area contributed by atoms with E-state index in [2.05, 4.69) is 36.7 Å². The number of carbonyl (C=O) groups excluding carboxylic acids is 1. The molecule has 2 fully saturated rings. The molecule has 2 aliphatic rings. The summed E-state index contributed by atoms with van der Waals surface area (Å²) in [7, 11) is 0. The van der Waals surface area contributed by atoms with E-state index in [4.69, 9.17) is 16.3 Å². The number of hydrogen-bond acceptors (Lipinski definition) is 2. The van der Waals surface area contributed by atoms with Gasteiger partial charge in [-0.2, -0.15) is 0 Å². The van der Waals surface area contributed by atoms with Gasteiger partial charge in [0.1, 0.15) is 6.10 Å². The van der Waals surface area contributed by atoms with Gasteiger partial charge in [0, 0.05) is 9.89 Å². The summed E-state index contributed by atoms with van der Waals surface area (Å²) in [4.78, 5) is 12.4. The minimum atomic E-state index is -0.304. The molecule has 0 aliphatic heterocycles. The van der Waals surface area contributed by atoms with E-state index >= 15 is 0 Å². The van der Waals surface area contributed by atoms with Crippen LogP contribution in [0.1, 0.15) is 50.4 Å². The molecule has 0 radical (unpaired) electrons. The van der Waals surface area contributed by atoms with Crippen LogP contribution in [0.4, 0.5) is 0 Å². The molecular formula is C17H20BrClO2. The zero-order valence-electron chi connectivity index (χ0n) is 12.6. The Balaban J connectivity index is 1.80. The third kappa shape index (κ3) is 2.24. The van der Waals surface area contributed by atoms with Crippen molar-refractivity contribution < 1.29 is 9.53 Å². The van der Waals surface area contributed by atoms with Crippen molar-refractivity contribution >= 4 is 33.5 Å². The van der Waals surface area contributed by atoms with E-state index in [1.165, 1.54) is 6.42 Å². The Morgan fingerprint density at radius 3 is 2.62 bits per heavy atom. The van der Waals surface area contributed by atoms with Gasteiger partial charge in [-0.25, -0.2) is 4.79 Å². The average Bonchev–Trinajstić information content (AvgIpc) is 2.71. The van der Waals surface area contributed by atoms with Crippen LogP contribution in [-0.2, 0) is 4.74 Å². The first-order chi connectivity index (χ1) is 9.75. The fourth-order valence-corrected chi connectivity index (χ4v) is 4.91. The number of carbonyl (C=O) groups is 1. The van der Waals surface area contributed by atoms with E-state index in [-0.39, 0.29) is 22.9 Å². The molecule has 4 heteroatoms. The van der Waals surface area contributed by atoms with Crippen LogP contribution in [0.3, 0.4) is 0 Å². The maximum Gasteiger partial charge on any atom is 0.339 e. The first-order valence-corrected chi connectivity index (χ1v) is 8.59. The van der Waals surface area contributed by atoms with Crippen LogP contribution in [0.15, 0.2) is 22.7 Å². The summed E-state index contributed by atoms with van der Waals surface area (Å²) in [5, 5.41) is 0.432. The van der Waals surface area contributed by atoms with Crippen LogP contribution in [0, 0.1) is 16.7 Å². The highest BCUT2D eigenvalue weighted by atomic mass is 79.9. The van der Waals surface area contributed by atoms with E-state index in [1.807, 2.05) is 6.07 Å². The van der Waals surface area contributed by atoms with Crippen molar-refractivity contribution in [2.45, 2.75) is 46.1 Å². The predicted octanol–water partition coefficient (Wildman–Crippen LogP) is 5.47. The summed E-state index contributed by atoms with van der Waals surface area (Å²) in [5.41, 5.74) is 0.764. The van der Waals surface area contributed by atoms with Crippen LogP contribution in [-0.4, -0.2) is 12.1 Å². The zero-order valence-corrected chi connectivity index (χ0v) is 14.9. The van der Waals surface area contributed by atoms with Crippen molar-refractivity contribution in [3.63, 3.8) is 0 Å². The van der Waals surface area contributed by atoms with E-state index < -0.39 is 0 Å². The Kier molecular flexibility index (Phi) is 3.65. The third-order valence-electron chi connectivity index (χ3n) is 6.11. The second kappa shape index (κ2) is 4.99. The highest BCUT2D eigenvalue weighted by Crippen LogP contribution is 2.66. The lowest BCUT2D eigenvalue weighted by Crippen LogP contribution is -2.38. The van der Waals surface area contributed by atoms with Gasteiger partial charge >= 0.3 is 5.97 Å². The topological polar surface area (TPSA) is 26.3 Å². The number of hydrogen-bond donors (Lipinski definition) is 0. The molecule has 0 amide bonds. The van der Waals surface area contributed by atoms with Gasteiger partial charge in [-0.3, -0.25) is 0 Å². The van der Waals surface area contributed by atoms with Gasteiger partial charge in [-0.15, -0.1) is 0 Å². The molecule has 0 aromatic heterocycles. The molecule has 2 saturated carbocycles. The predicted molar refractivity (Wildman–Crippen MR) is 87.6 cm³/mol. The van der Waals surface area contributed by atoms with Crippen molar-refractivity contribution in [3.05, 3.63) is 33.3 Å². The smallest absolute Gasteiger partial charge is 0.339 e. The molecule has 0 N–H and O–H groups in total. The first-order valence-electron chi connectivity index (χ1n) is 7.42. The summed E-state index contributed by atoms with van der Waals surface area (Å²) in [6.45, 7) is 6.89. The van der Waals surface area contributed by atoms with Crippen LogP contribution in [0.5, 0.6) is 0 Å². The average molecular weight is 372 g/mol. The molecule has 2 aliphatic carbocycles. The number of esters is 1. The van der Waals surface area contributed by atoms with Gasteiger partial charge < -0.3 is 4.74 Å². The molecule has 114 valence electrons. The second-order valence-electron chi connectivity index (χ2n) is 7.13. The molecule has 3 unspecified atom stereocenters. The van der Waals surface area contributed by atoms with Gasteiger partial charge in [0.2, 0.25) is 0 Å². The minimum absolute atomic E-state index is 0.00142. The van der Waals surface area contributed by atoms with Gasteiger partial charge in [0.05, 0.1) is 10.6 Å². The fourth-order valence-electron chi connectivity index (χ4n) is 4.16. The molecule has 21 heavy (non-hydrogen) atoms. The molecule has 0 saturated heterocycles. The highest BCUT2D eigenvalue weighted by molar-refractivity contribution is 9.10. The van der Waals surface area contributed by atoms with E-state index in [1.54, 1.807) is 12.1 Å². The Hall–Kier alpha value is -0.540. The van der Waals surface area contributed by atoms with Gasteiger partial charge in [-0.1, -0.05) is 48.3 Å². The van der Waals surface area contributed by atoms with Crippen LogP contribution in [0.25, 0.3) is 0 Å². The molecule has 2 bridgehead atoms. The van der Waals surface area contributed by atoms with Crippen molar-refractivity contribution in [2.24, 2.45) is 16.7 Å². The largest absolute Gasteiger partial charge is 0.458 e. The van der Waals surface area contributed by atoms with Crippen molar-refractivity contribution in [2.75, 3.05) is 0 Å². The molecule has 0 heterocycles. The number of ether oxygens (including phenoxy) is 1. The Morgan fingerprint density at radius 1 is 1.38 bits per heavy atom. The molecule has 3 atom stereocenters. The fraction of sp³-hybridized carbons (Fsp3) is 0.588. The standard InChI is InChI=1S/C17H20BrClO2/c1-16(2)10-6-7-17(16,3)14(8-10)21-15(20)12-5-4-11(18)9-13(12)19/h4-5,9-10,14H,6-8H2,1-3H3. The van der Waals surface area contributed by atoms with Gasteiger partial charge in [0.15, 0.2) is 0 Å². The van der Waals surface area contributed by atoms with Gasteiger partial charge in [0.25, 0.3) is 0 Å². The van der Waals surface area contributed by atoms with E-state index in [9.17, 15) is 4.79 Å². The van der Waals surface area contributed by atoms with Crippen LogP contribution in [0.2, 0.25) is 5.02 Å². The summed E-state index contributed by atoms with van der Waals surface area (Å²) in [6, 6.07) is 5.26. The van der Waals surface area contributed by atoms with Crippen molar-refractivity contribution in [1.82, 2.24) is 0 Å². The lowest BCUT2D eigenvalue weighted by Gasteiger charge is -2.38. The van der Waals surface area contributed by atoms with E-state index in [0.29, 0.717) is 16.5 Å². The highest BCUT2D eigenvalue weighted by Gasteiger charge is 2.62. The molecular weight excluding hydrogens is 352 g/mol. The van der Waals surface area contributed by atoms with Gasteiger partial charge in [-0.05, 0) is 48.8 Å². The third-order valence-corrected chi connectivity index (χ3v) is 6.92. The zero-order chi connectivity index (χ0) is 15.4. The monoisotopic (exact) mass is 370 g/mol. The molecule has 0 spiro atoms. The summed E-state index contributed by atoms with van der Waals surface area (Å²) in [6.07, 6.45) is 3.36. The SMILES string of the molecule is CC1(C)C2CCC1(C)C(OC(=O)c1ccc(Br)cc1Cl)C2. The lowest BCUT2D eigenvalue weighted by molar-refractivity contribution is -0.0242. The van der Waals surface area contributed by atoms with E-state index in [0.717, 1.165) is 17.3 Å². The molecule has 3 rings (SSSR count). The number of fused-ring (bicyclic) bond motifs is 2. The molecule has 2 nitrogen and oxygen atoms in total. The number of halogens is 2. The normalized spacial score (nSPS) is 33.2. The summed E-state index contributed by atoms with van der Waals surface area (Å²) >= 11 is 9.50. The maximum absolute atomic E-state index is 12.4. The Morgan fingerprint density at radius 2 is 2.10 bits per heavy atom. The maximum atomic E-state index is 12.4. The number of benzene rings is 1. The van der Waals surface area contributed by atoms with Crippen molar-refractivity contribution in [1.29, 1.82) is 0 Å². The number of rotatable bonds is 2. The van der Waals surface area contributed by atoms with Crippen LogP contribution < -0.4 is 0 Å². The first kappa shape index (κ1) is 15.4. The summed E-state index contributed by atoms with van der Waals surface area (Å²) in [5.74, 6) is 0.350. The molecule has 1 aromatic rings. The minimum Gasteiger partial charge on any atom is -0.458 e. The van der Waals surface area contributed by atoms with Crippen molar-refractivity contribution in [3.8, 4) is 0 Å². The quantitative estimate of drug-likeness (QED) is 0.644. The lowest BCUT2D eigenvalue weighted by atomic mass is 9.70. The second-order valence-corrected chi connectivity index (χ2v) is 8.45. The molecule has 1 aromatic carbocycles.